The van der Waals surface area contributed by atoms with Crippen LogP contribution >= 0.6 is 0 Å². The summed E-state index contributed by atoms with van der Waals surface area (Å²) >= 11 is 0. The largest absolute Gasteiger partial charge is 0.320 e. The van der Waals surface area contributed by atoms with Crippen molar-refractivity contribution in [3.63, 3.8) is 0 Å². The summed E-state index contributed by atoms with van der Waals surface area (Å²) in [6.07, 6.45) is 4.73. The SMILES string of the molecule is CCCCc1c(C)nc2n(C)c3ncn(Cc4ccccc4)c3c(=O)n12. The molecule has 1 aromatic carbocycles. The molecule has 0 unspecified atom stereocenters. The van der Waals surface area contributed by atoms with Crippen molar-refractivity contribution in [3.05, 3.63) is 64.0 Å². The normalized spacial score (nSPS) is 11.7. The van der Waals surface area contributed by atoms with Gasteiger partial charge in [-0.2, -0.15) is 0 Å². The first-order chi connectivity index (χ1) is 12.6. The van der Waals surface area contributed by atoms with E-state index in [2.05, 4.69) is 29.0 Å². The van der Waals surface area contributed by atoms with E-state index in [1.807, 2.05) is 41.3 Å². The average molecular weight is 349 g/mol. The Morgan fingerprint density at radius 2 is 1.92 bits per heavy atom. The fraction of sp³-hybridized carbons (Fsp3) is 0.350. The maximum Gasteiger partial charge on any atom is 0.285 e. The van der Waals surface area contributed by atoms with Crippen LogP contribution in [0.1, 0.15) is 36.7 Å². The van der Waals surface area contributed by atoms with Crippen molar-refractivity contribution in [1.82, 2.24) is 23.5 Å². The Labute approximate surface area is 151 Å². The first kappa shape index (κ1) is 16.6. The smallest absolute Gasteiger partial charge is 0.285 e. The number of nitrogens with zero attached hydrogens (tertiary/aromatic N) is 5. The molecule has 0 bridgehead atoms. The number of aromatic nitrogens is 5. The van der Waals surface area contributed by atoms with Crippen LogP contribution in [0.15, 0.2) is 41.5 Å². The minimum Gasteiger partial charge on any atom is -0.320 e. The highest BCUT2D eigenvalue weighted by Gasteiger charge is 2.19. The zero-order valence-electron chi connectivity index (χ0n) is 15.4. The molecule has 0 saturated carbocycles. The van der Waals surface area contributed by atoms with E-state index in [1.165, 1.54) is 0 Å². The molecule has 0 aliphatic rings. The second-order valence-electron chi connectivity index (χ2n) is 6.78. The number of unbranched alkanes of at least 4 members (excludes halogenated alkanes) is 1. The lowest BCUT2D eigenvalue weighted by Crippen LogP contribution is -2.21. The first-order valence-corrected chi connectivity index (χ1v) is 9.07. The van der Waals surface area contributed by atoms with E-state index >= 15 is 0 Å². The van der Waals surface area contributed by atoms with Gasteiger partial charge in [-0.3, -0.25) is 9.36 Å². The van der Waals surface area contributed by atoms with Crippen LogP contribution in [0.25, 0.3) is 16.9 Å². The van der Waals surface area contributed by atoms with E-state index in [9.17, 15) is 4.79 Å². The van der Waals surface area contributed by atoms with Gasteiger partial charge in [0.15, 0.2) is 11.2 Å². The van der Waals surface area contributed by atoms with Crippen LogP contribution in [0.5, 0.6) is 0 Å². The highest BCUT2D eigenvalue weighted by molar-refractivity contribution is 5.73. The van der Waals surface area contributed by atoms with Crippen molar-refractivity contribution < 1.29 is 0 Å². The number of benzene rings is 1. The van der Waals surface area contributed by atoms with Gasteiger partial charge in [-0.05, 0) is 25.3 Å². The van der Waals surface area contributed by atoms with E-state index in [-0.39, 0.29) is 5.56 Å². The second kappa shape index (κ2) is 6.44. The third-order valence-corrected chi connectivity index (χ3v) is 4.96. The second-order valence-corrected chi connectivity index (χ2v) is 6.78. The van der Waals surface area contributed by atoms with Crippen molar-refractivity contribution in [2.24, 2.45) is 7.05 Å². The zero-order chi connectivity index (χ0) is 18.3. The van der Waals surface area contributed by atoms with Gasteiger partial charge in [-0.1, -0.05) is 43.7 Å². The lowest BCUT2D eigenvalue weighted by Gasteiger charge is -2.08. The number of fused-ring (bicyclic) bond motifs is 2. The molecule has 0 radical (unpaired) electrons. The van der Waals surface area contributed by atoms with Gasteiger partial charge < -0.3 is 4.57 Å². The van der Waals surface area contributed by atoms with Gasteiger partial charge in [0.1, 0.15) is 0 Å². The van der Waals surface area contributed by atoms with Crippen LogP contribution in [0, 0.1) is 6.92 Å². The quantitative estimate of drug-likeness (QED) is 0.556. The molecule has 0 amide bonds. The van der Waals surface area contributed by atoms with E-state index in [0.29, 0.717) is 23.5 Å². The molecule has 0 saturated heterocycles. The Kier molecular flexibility index (Phi) is 4.11. The molecule has 6 heteroatoms. The Bertz CT molecular complexity index is 1130. The van der Waals surface area contributed by atoms with Crippen molar-refractivity contribution in [1.29, 1.82) is 0 Å². The van der Waals surface area contributed by atoms with Crippen molar-refractivity contribution in [2.45, 2.75) is 39.7 Å². The third-order valence-electron chi connectivity index (χ3n) is 4.96. The molecule has 3 aromatic heterocycles. The molecule has 6 nitrogen and oxygen atoms in total. The van der Waals surface area contributed by atoms with Crippen molar-refractivity contribution in [3.8, 4) is 0 Å². The van der Waals surface area contributed by atoms with E-state index in [1.54, 1.807) is 10.7 Å². The molecule has 3 heterocycles. The fourth-order valence-electron chi connectivity index (χ4n) is 3.56. The number of aryl methyl sites for hydroxylation is 3. The monoisotopic (exact) mass is 349 g/mol. The molecular weight excluding hydrogens is 326 g/mol. The number of imidazole rings is 2. The minimum absolute atomic E-state index is 0.0340. The maximum absolute atomic E-state index is 13.4. The third kappa shape index (κ3) is 2.53. The molecule has 0 aliphatic heterocycles. The van der Waals surface area contributed by atoms with Crippen LogP contribution in [0.2, 0.25) is 0 Å². The predicted molar refractivity (Wildman–Crippen MR) is 103 cm³/mol. The van der Waals surface area contributed by atoms with Crippen LogP contribution in [-0.2, 0) is 20.0 Å². The van der Waals surface area contributed by atoms with Gasteiger partial charge in [0.25, 0.3) is 5.56 Å². The summed E-state index contributed by atoms with van der Waals surface area (Å²) in [6.45, 7) is 4.76. The van der Waals surface area contributed by atoms with E-state index in [4.69, 9.17) is 0 Å². The average Bonchev–Trinajstić information content (AvgIpc) is 3.21. The van der Waals surface area contributed by atoms with Gasteiger partial charge in [-0.25, -0.2) is 14.4 Å². The van der Waals surface area contributed by atoms with Crippen LogP contribution in [0.4, 0.5) is 0 Å². The molecule has 26 heavy (non-hydrogen) atoms. The summed E-state index contributed by atoms with van der Waals surface area (Å²) in [4.78, 5) is 22.5. The van der Waals surface area contributed by atoms with E-state index < -0.39 is 0 Å². The molecular formula is C20H23N5O. The first-order valence-electron chi connectivity index (χ1n) is 9.07. The molecule has 134 valence electrons. The molecule has 4 rings (SSSR count). The number of rotatable bonds is 5. The molecule has 0 N–H and O–H groups in total. The highest BCUT2D eigenvalue weighted by Crippen LogP contribution is 2.17. The lowest BCUT2D eigenvalue weighted by atomic mass is 10.2. The van der Waals surface area contributed by atoms with Gasteiger partial charge in [-0.15, -0.1) is 0 Å². The summed E-state index contributed by atoms with van der Waals surface area (Å²) in [6, 6.07) is 10.1. The summed E-state index contributed by atoms with van der Waals surface area (Å²) in [5.74, 6) is 0.663. The van der Waals surface area contributed by atoms with Gasteiger partial charge in [0, 0.05) is 13.6 Å². The number of hydrogen-bond donors (Lipinski definition) is 0. The zero-order valence-corrected chi connectivity index (χ0v) is 15.4. The lowest BCUT2D eigenvalue weighted by molar-refractivity contribution is 0.754. The Morgan fingerprint density at radius 1 is 1.15 bits per heavy atom. The van der Waals surface area contributed by atoms with Gasteiger partial charge in [0.05, 0.1) is 17.7 Å². The standard InChI is InChI=1S/C20H23N5O/c1-4-5-11-16-14(2)22-20-23(3)18-17(19(26)25(16)20)24(13-21-18)12-15-9-7-6-8-10-15/h6-10,13H,4-5,11-12H2,1-3H3. The van der Waals surface area contributed by atoms with Gasteiger partial charge >= 0.3 is 0 Å². The maximum atomic E-state index is 13.4. The van der Waals surface area contributed by atoms with Crippen LogP contribution < -0.4 is 5.56 Å². The molecule has 0 atom stereocenters. The fourth-order valence-corrected chi connectivity index (χ4v) is 3.56. The van der Waals surface area contributed by atoms with Crippen LogP contribution in [0.3, 0.4) is 0 Å². The van der Waals surface area contributed by atoms with Crippen molar-refractivity contribution >= 4 is 16.9 Å². The Morgan fingerprint density at radius 3 is 2.65 bits per heavy atom. The van der Waals surface area contributed by atoms with Crippen molar-refractivity contribution in [2.75, 3.05) is 0 Å². The molecule has 0 aliphatic carbocycles. The summed E-state index contributed by atoms with van der Waals surface area (Å²) in [5, 5.41) is 0. The Hall–Kier alpha value is -2.89. The molecule has 0 spiro atoms. The summed E-state index contributed by atoms with van der Waals surface area (Å²) in [7, 11) is 1.92. The number of hydrogen-bond acceptors (Lipinski definition) is 3. The van der Waals surface area contributed by atoms with E-state index in [0.717, 1.165) is 36.2 Å². The predicted octanol–water partition coefficient (Wildman–Crippen LogP) is 3.08. The molecule has 4 aromatic rings. The highest BCUT2D eigenvalue weighted by atomic mass is 16.1. The summed E-state index contributed by atoms with van der Waals surface area (Å²) in [5.41, 5.74) is 4.34. The topological polar surface area (TPSA) is 57.1 Å². The van der Waals surface area contributed by atoms with Gasteiger partial charge in [0.2, 0.25) is 5.78 Å². The summed E-state index contributed by atoms with van der Waals surface area (Å²) < 4.78 is 5.63. The minimum atomic E-state index is -0.0340. The Balaban J connectivity index is 1.96. The van der Waals surface area contributed by atoms with Crippen LogP contribution in [-0.4, -0.2) is 23.5 Å². The molecule has 0 fully saturated rings.